The maximum absolute atomic E-state index is 11.6. The van der Waals surface area contributed by atoms with Crippen LogP contribution in [0, 0.1) is 0 Å². The van der Waals surface area contributed by atoms with E-state index in [-0.39, 0.29) is 11.4 Å². The summed E-state index contributed by atoms with van der Waals surface area (Å²) in [5.41, 5.74) is 4.43. The van der Waals surface area contributed by atoms with Gasteiger partial charge < -0.3 is 15.2 Å². The first-order chi connectivity index (χ1) is 16.6. The van der Waals surface area contributed by atoms with E-state index >= 15 is 0 Å². The highest BCUT2D eigenvalue weighted by molar-refractivity contribution is 6.22. The molecule has 34 heavy (non-hydrogen) atoms. The lowest BCUT2D eigenvalue weighted by molar-refractivity contribution is 0.0697. The fourth-order valence-electron chi connectivity index (χ4n) is 4.50. The zero-order valence-corrected chi connectivity index (χ0v) is 18.7. The first-order valence-electron chi connectivity index (χ1n) is 11.5. The van der Waals surface area contributed by atoms with E-state index < -0.39 is 5.97 Å². The molecule has 5 rings (SSSR count). The van der Waals surface area contributed by atoms with Gasteiger partial charge in [-0.25, -0.2) is 9.79 Å². The fraction of sp³-hybridized carbons (Fsp3) is 0.222. The number of benzene rings is 2. The predicted octanol–water partition coefficient (Wildman–Crippen LogP) is 5.12. The van der Waals surface area contributed by atoms with Gasteiger partial charge in [0.05, 0.1) is 22.5 Å². The Hall–Kier alpha value is -3.97. The van der Waals surface area contributed by atoms with E-state index in [1.54, 1.807) is 30.6 Å². The number of aromatic nitrogens is 2. The highest BCUT2D eigenvalue weighted by Crippen LogP contribution is 2.32. The molecule has 1 aliphatic rings. The van der Waals surface area contributed by atoms with Crippen molar-refractivity contribution in [3.05, 3.63) is 89.2 Å². The number of carboxylic acids is 1. The highest BCUT2D eigenvalue weighted by Gasteiger charge is 2.20. The molecule has 0 bridgehead atoms. The standard InChI is InChI=1S/C27H26N4O3/c32-26-24(22-15-19(27(33)34)8-11-23(22)30-26)25(20-5-4-12-28-16-20)29-21-9-6-18(7-10-21)17-31-13-2-1-3-14-31/h4-12,15-16,30,32H,1-3,13-14,17H2,(H,33,34). The molecule has 0 spiro atoms. The Morgan fingerprint density at radius 2 is 1.82 bits per heavy atom. The minimum atomic E-state index is -1.03. The number of piperidine rings is 1. The van der Waals surface area contributed by atoms with Crippen LogP contribution in [0.25, 0.3) is 10.9 Å². The Morgan fingerprint density at radius 1 is 1.03 bits per heavy atom. The van der Waals surface area contributed by atoms with Gasteiger partial charge in [-0.1, -0.05) is 18.6 Å². The zero-order valence-electron chi connectivity index (χ0n) is 18.7. The molecule has 7 nitrogen and oxygen atoms in total. The molecule has 2 aromatic carbocycles. The first-order valence-corrected chi connectivity index (χ1v) is 11.5. The van der Waals surface area contributed by atoms with Crippen molar-refractivity contribution in [1.29, 1.82) is 0 Å². The van der Waals surface area contributed by atoms with E-state index in [1.165, 1.54) is 30.9 Å². The van der Waals surface area contributed by atoms with Gasteiger partial charge in [-0.15, -0.1) is 0 Å². The topological polar surface area (TPSA) is 102 Å². The van der Waals surface area contributed by atoms with Crippen LogP contribution in [0.3, 0.4) is 0 Å². The number of rotatable bonds is 6. The van der Waals surface area contributed by atoms with Crippen molar-refractivity contribution < 1.29 is 15.0 Å². The van der Waals surface area contributed by atoms with E-state index in [2.05, 4.69) is 27.0 Å². The van der Waals surface area contributed by atoms with Crippen molar-refractivity contribution in [2.75, 3.05) is 13.1 Å². The number of likely N-dealkylation sites (tertiary alicyclic amines) is 1. The summed E-state index contributed by atoms with van der Waals surface area (Å²) in [6.07, 6.45) is 7.19. The largest absolute Gasteiger partial charge is 0.494 e. The third-order valence-corrected chi connectivity index (χ3v) is 6.23. The van der Waals surface area contributed by atoms with Gasteiger partial charge in [0.25, 0.3) is 0 Å². The number of fused-ring (bicyclic) bond motifs is 1. The molecule has 4 aromatic rings. The van der Waals surface area contributed by atoms with E-state index in [1.807, 2.05) is 18.2 Å². The Morgan fingerprint density at radius 3 is 2.53 bits per heavy atom. The number of hydrogen-bond acceptors (Lipinski definition) is 5. The molecular weight excluding hydrogens is 428 g/mol. The quantitative estimate of drug-likeness (QED) is 0.351. The van der Waals surface area contributed by atoms with Crippen molar-refractivity contribution >= 4 is 28.3 Å². The van der Waals surface area contributed by atoms with E-state index in [0.717, 1.165) is 30.9 Å². The second-order valence-corrected chi connectivity index (χ2v) is 8.62. The van der Waals surface area contributed by atoms with Gasteiger partial charge >= 0.3 is 5.97 Å². The molecule has 0 unspecified atom stereocenters. The van der Waals surface area contributed by atoms with Gasteiger partial charge in [-0.2, -0.15) is 0 Å². The van der Waals surface area contributed by atoms with Gasteiger partial charge in [-0.3, -0.25) is 9.88 Å². The smallest absolute Gasteiger partial charge is 0.335 e. The van der Waals surface area contributed by atoms with Crippen LogP contribution in [0.2, 0.25) is 0 Å². The average molecular weight is 455 g/mol. The van der Waals surface area contributed by atoms with Crippen molar-refractivity contribution in [2.45, 2.75) is 25.8 Å². The molecule has 2 aromatic heterocycles. The van der Waals surface area contributed by atoms with Crippen LogP contribution in [-0.2, 0) is 6.54 Å². The second-order valence-electron chi connectivity index (χ2n) is 8.62. The van der Waals surface area contributed by atoms with Crippen molar-refractivity contribution in [3.8, 4) is 5.88 Å². The summed E-state index contributed by atoms with van der Waals surface area (Å²) in [5.74, 6) is -1.10. The number of carbonyl (C=O) groups is 1. The Balaban J connectivity index is 1.56. The minimum absolute atomic E-state index is 0.0677. The Labute approximate surface area is 197 Å². The van der Waals surface area contributed by atoms with Crippen LogP contribution in [0.1, 0.15) is 46.3 Å². The van der Waals surface area contributed by atoms with Gasteiger partial charge in [0.15, 0.2) is 5.88 Å². The summed E-state index contributed by atoms with van der Waals surface area (Å²) in [5, 5.41) is 20.8. The molecule has 3 heterocycles. The molecule has 0 atom stereocenters. The highest BCUT2D eigenvalue weighted by atomic mass is 16.4. The number of nitrogens with one attached hydrogen (secondary N) is 1. The van der Waals surface area contributed by atoms with Crippen LogP contribution in [0.5, 0.6) is 5.88 Å². The van der Waals surface area contributed by atoms with E-state index in [0.29, 0.717) is 22.2 Å². The summed E-state index contributed by atoms with van der Waals surface area (Å²) in [6.45, 7) is 3.22. The molecule has 0 radical (unpaired) electrons. The Kier molecular flexibility index (Phi) is 6.10. The number of aromatic carboxylic acids is 1. The van der Waals surface area contributed by atoms with Crippen LogP contribution in [0.15, 0.2) is 72.0 Å². The molecule has 7 heteroatoms. The first kappa shape index (κ1) is 21.9. The molecule has 3 N–H and O–H groups in total. The summed E-state index contributed by atoms with van der Waals surface area (Å²) in [6, 6.07) is 16.5. The van der Waals surface area contributed by atoms with Crippen LogP contribution < -0.4 is 0 Å². The average Bonchev–Trinajstić information content (AvgIpc) is 3.19. The summed E-state index contributed by atoms with van der Waals surface area (Å²) in [4.78, 5) is 26.1. The van der Waals surface area contributed by atoms with Crippen molar-refractivity contribution in [3.63, 3.8) is 0 Å². The van der Waals surface area contributed by atoms with Gasteiger partial charge in [-0.05, 0) is 74.0 Å². The predicted molar refractivity (Wildman–Crippen MR) is 132 cm³/mol. The lowest BCUT2D eigenvalue weighted by atomic mass is 10.0. The number of H-pyrrole nitrogens is 1. The summed E-state index contributed by atoms with van der Waals surface area (Å²) >= 11 is 0. The van der Waals surface area contributed by atoms with Crippen molar-refractivity contribution in [2.24, 2.45) is 4.99 Å². The molecule has 172 valence electrons. The molecule has 1 aliphatic heterocycles. The monoisotopic (exact) mass is 454 g/mol. The maximum atomic E-state index is 11.6. The molecule has 1 saturated heterocycles. The van der Waals surface area contributed by atoms with E-state index in [4.69, 9.17) is 4.99 Å². The van der Waals surface area contributed by atoms with Crippen molar-refractivity contribution in [1.82, 2.24) is 14.9 Å². The zero-order chi connectivity index (χ0) is 23.5. The third-order valence-electron chi connectivity index (χ3n) is 6.23. The van der Waals surface area contributed by atoms with Gasteiger partial charge in [0, 0.05) is 35.4 Å². The van der Waals surface area contributed by atoms with Crippen LogP contribution in [0.4, 0.5) is 5.69 Å². The van der Waals surface area contributed by atoms with Gasteiger partial charge in [0.2, 0.25) is 0 Å². The minimum Gasteiger partial charge on any atom is -0.494 e. The number of pyridine rings is 1. The fourth-order valence-corrected chi connectivity index (χ4v) is 4.50. The maximum Gasteiger partial charge on any atom is 0.335 e. The second kappa shape index (κ2) is 9.49. The SMILES string of the molecule is O=C(O)c1ccc2[nH]c(O)c(C(=Nc3ccc(CN4CCCCC4)cc3)c3cccnc3)c2c1. The third kappa shape index (κ3) is 4.56. The van der Waals surface area contributed by atoms with E-state index in [9.17, 15) is 15.0 Å². The number of aliphatic imine (C=N–C) groups is 1. The molecule has 0 aliphatic carbocycles. The number of aromatic hydroxyl groups is 1. The molecule has 0 amide bonds. The Bertz CT molecular complexity index is 1340. The normalized spacial score (nSPS) is 15.0. The van der Waals surface area contributed by atoms with Crippen LogP contribution >= 0.6 is 0 Å². The van der Waals surface area contributed by atoms with Crippen LogP contribution in [-0.4, -0.2) is 49.9 Å². The number of carboxylic acid groups (broad SMARTS) is 1. The molecular formula is C27H26N4O3. The van der Waals surface area contributed by atoms with Gasteiger partial charge in [0.1, 0.15) is 0 Å². The number of nitrogens with zero attached hydrogens (tertiary/aromatic N) is 3. The lowest BCUT2D eigenvalue weighted by Crippen LogP contribution is -2.28. The molecule has 0 saturated carbocycles. The molecule has 1 fully saturated rings. The number of aromatic amines is 1. The summed E-state index contributed by atoms with van der Waals surface area (Å²) < 4.78 is 0. The lowest BCUT2D eigenvalue weighted by Gasteiger charge is -2.26. The number of hydrogen-bond donors (Lipinski definition) is 3. The summed E-state index contributed by atoms with van der Waals surface area (Å²) in [7, 11) is 0.